The van der Waals surface area contributed by atoms with E-state index in [0.29, 0.717) is 19.0 Å². The second-order valence-electron chi connectivity index (χ2n) is 6.75. The van der Waals surface area contributed by atoms with Crippen molar-refractivity contribution in [3.05, 3.63) is 30.7 Å². The number of aromatic nitrogens is 2. The summed E-state index contributed by atoms with van der Waals surface area (Å²) in [5.74, 6) is 0.510. The maximum absolute atomic E-state index is 12.1. The topological polar surface area (TPSA) is 71.7 Å². The molecule has 1 aromatic carbocycles. The predicted octanol–water partition coefficient (Wildman–Crippen LogP) is 2.79. The van der Waals surface area contributed by atoms with Gasteiger partial charge in [0.05, 0.1) is 0 Å². The quantitative estimate of drug-likeness (QED) is 0.843. The molecule has 0 atom stereocenters. The second kappa shape index (κ2) is 6.51. The summed E-state index contributed by atoms with van der Waals surface area (Å²) in [4.78, 5) is 16.1. The molecule has 0 bridgehead atoms. The predicted molar refractivity (Wildman–Crippen MR) is 89.8 cm³/mol. The third-order valence-electron chi connectivity index (χ3n) is 3.77. The molecule has 1 amide bonds. The molecule has 1 saturated heterocycles. The third-order valence-corrected chi connectivity index (χ3v) is 3.77. The van der Waals surface area contributed by atoms with E-state index in [4.69, 9.17) is 9.15 Å². The number of benzene rings is 1. The highest BCUT2D eigenvalue weighted by Crippen LogP contribution is 2.22. The zero-order valence-electron chi connectivity index (χ0n) is 14.2. The van der Waals surface area contributed by atoms with Crippen LogP contribution < -0.4 is 4.90 Å². The first kappa shape index (κ1) is 16.3. The normalized spacial score (nSPS) is 15.5. The number of piperazine rings is 1. The minimum Gasteiger partial charge on any atom is -0.444 e. The van der Waals surface area contributed by atoms with Crippen LogP contribution in [0.4, 0.5) is 10.5 Å². The van der Waals surface area contributed by atoms with Crippen molar-refractivity contribution in [2.24, 2.45) is 0 Å². The van der Waals surface area contributed by atoms with Gasteiger partial charge < -0.3 is 19.0 Å². The summed E-state index contributed by atoms with van der Waals surface area (Å²) >= 11 is 0. The van der Waals surface area contributed by atoms with Crippen molar-refractivity contribution in [3.8, 4) is 11.5 Å². The molecule has 1 aliphatic rings. The third kappa shape index (κ3) is 3.84. The number of carbonyl (C=O) groups is 1. The SMILES string of the molecule is CC(C)(C)OC(=O)N1CCN(c2ccc(-c3nnco3)cc2)CC1. The number of anilines is 1. The molecule has 7 heteroatoms. The van der Waals surface area contributed by atoms with E-state index in [1.807, 2.05) is 45.0 Å². The zero-order chi connectivity index (χ0) is 17.2. The Morgan fingerprint density at radius 3 is 2.33 bits per heavy atom. The van der Waals surface area contributed by atoms with Crippen molar-refractivity contribution >= 4 is 11.8 Å². The monoisotopic (exact) mass is 330 g/mol. The Hall–Kier alpha value is -2.57. The molecular weight excluding hydrogens is 308 g/mol. The lowest BCUT2D eigenvalue weighted by Crippen LogP contribution is -2.50. The summed E-state index contributed by atoms with van der Waals surface area (Å²) in [5, 5.41) is 7.58. The summed E-state index contributed by atoms with van der Waals surface area (Å²) in [5.41, 5.74) is 1.55. The smallest absolute Gasteiger partial charge is 0.410 e. The average Bonchev–Trinajstić information content (AvgIpc) is 3.08. The van der Waals surface area contributed by atoms with E-state index < -0.39 is 5.60 Å². The van der Waals surface area contributed by atoms with Crippen LogP contribution >= 0.6 is 0 Å². The van der Waals surface area contributed by atoms with Crippen LogP contribution in [0, 0.1) is 0 Å². The Morgan fingerprint density at radius 1 is 1.12 bits per heavy atom. The van der Waals surface area contributed by atoms with Gasteiger partial charge in [-0.15, -0.1) is 10.2 Å². The van der Waals surface area contributed by atoms with E-state index in [9.17, 15) is 4.79 Å². The molecule has 2 aromatic rings. The number of amides is 1. The van der Waals surface area contributed by atoms with Crippen LogP contribution in [0.3, 0.4) is 0 Å². The Labute approximate surface area is 141 Å². The van der Waals surface area contributed by atoms with Gasteiger partial charge in [-0.1, -0.05) is 0 Å². The molecule has 7 nitrogen and oxygen atoms in total. The van der Waals surface area contributed by atoms with Crippen molar-refractivity contribution in [2.45, 2.75) is 26.4 Å². The van der Waals surface area contributed by atoms with Crippen LogP contribution in [-0.2, 0) is 4.74 Å². The average molecular weight is 330 g/mol. The van der Waals surface area contributed by atoms with E-state index in [2.05, 4.69) is 15.1 Å². The van der Waals surface area contributed by atoms with E-state index in [0.717, 1.165) is 24.3 Å². The Kier molecular flexibility index (Phi) is 4.42. The van der Waals surface area contributed by atoms with Gasteiger partial charge in [0, 0.05) is 37.4 Å². The number of rotatable bonds is 2. The van der Waals surface area contributed by atoms with Crippen LogP contribution in [-0.4, -0.2) is 53.0 Å². The Balaban J connectivity index is 1.58. The van der Waals surface area contributed by atoms with Crippen LogP contribution in [0.5, 0.6) is 0 Å². The molecule has 1 aliphatic heterocycles. The molecule has 24 heavy (non-hydrogen) atoms. The summed E-state index contributed by atoms with van der Waals surface area (Å²) in [6.07, 6.45) is 1.08. The van der Waals surface area contributed by atoms with Gasteiger partial charge in [-0.25, -0.2) is 4.79 Å². The molecule has 1 aromatic heterocycles. The van der Waals surface area contributed by atoms with E-state index in [-0.39, 0.29) is 6.09 Å². The summed E-state index contributed by atoms with van der Waals surface area (Å²) in [6, 6.07) is 7.98. The molecule has 3 rings (SSSR count). The van der Waals surface area contributed by atoms with Gasteiger partial charge >= 0.3 is 6.09 Å². The van der Waals surface area contributed by atoms with Crippen molar-refractivity contribution in [2.75, 3.05) is 31.1 Å². The van der Waals surface area contributed by atoms with Crippen molar-refractivity contribution in [1.29, 1.82) is 0 Å². The van der Waals surface area contributed by atoms with Gasteiger partial charge in [0.2, 0.25) is 12.3 Å². The summed E-state index contributed by atoms with van der Waals surface area (Å²) in [6.45, 7) is 8.50. The Morgan fingerprint density at radius 2 is 1.79 bits per heavy atom. The molecular formula is C17H22N4O3. The molecule has 0 aliphatic carbocycles. The van der Waals surface area contributed by atoms with E-state index in [1.165, 1.54) is 6.39 Å². The van der Waals surface area contributed by atoms with Crippen molar-refractivity contribution < 1.29 is 13.9 Å². The van der Waals surface area contributed by atoms with Crippen LogP contribution in [0.1, 0.15) is 20.8 Å². The number of ether oxygens (including phenoxy) is 1. The molecule has 0 spiro atoms. The molecule has 1 fully saturated rings. The fraction of sp³-hybridized carbons (Fsp3) is 0.471. The lowest BCUT2D eigenvalue weighted by atomic mass is 10.2. The largest absolute Gasteiger partial charge is 0.444 e. The van der Waals surface area contributed by atoms with E-state index >= 15 is 0 Å². The maximum Gasteiger partial charge on any atom is 0.410 e. The highest BCUT2D eigenvalue weighted by Gasteiger charge is 2.25. The van der Waals surface area contributed by atoms with Crippen LogP contribution in [0.2, 0.25) is 0 Å². The first-order chi connectivity index (χ1) is 11.4. The fourth-order valence-corrected chi connectivity index (χ4v) is 2.59. The van der Waals surface area contributed by atoms with Crippen LogP contribution in [0.15, 0.2) is 35.1 Å². The first-order valence-corrected chi connectivity index (χ1v) is 8.02. The fourth-order valence-electron chi connectivity index (χ4n) is 2.59. The van der Waals surface area contributed by atoms with Gasteiger partial charge in [-0.3, -0.25) is 0 Å². The van der Waals surface area contributed by atoms with Gasteiger partial charge in [0.15, 0.2) is 0 Å². The molecule has 0 unspecified atom stereocenters. The number of nitrogens with zero attached hydrogens (tertiary/aromatic N) is 4. The summed E-state index contributed by atoms with van der Waals surface area (Å²) in [7, 11) is 0. The maximum atomic E-state index is 12.1. The lowest BCUT2D eigenvalue weighted by Gasteiger charge is -2.36. The highest BCUT2D eigenvalue weighted by atomic mass is 16.6. The van der Waals surface area contributed by atoms with Crippen LogP contribution in [0.25, 0.3) is 11.5 Å². The molecule has 128 valence electrons. The first-order valence-electron chi connectivity index (χ1n) is 8.02. The lowest BCUT2D eigenvalue weighted by molar-refractivity contribution is 0.0240. The van der Waals surface area contributed by atoms with Crippen molar-refractivity contribution in [3.63, 3.8) is 0 Å². The zero-order valence-corrected chi connectivity index (χ0v) is 14.2. The van der Waals surface area contributed by atoms with Gasteiger partial charge in [-0.05, 0) is 45.0 Å². The van der Waals surface area contributed by atoms with Gasteiger partial charge in [-0.2, -0.15) is 0 Å². The Bertz CT molecular complexity index is 669. The van der Waals surface area contributed by atoms with Gasteiger partial charge in [0.25, 0.3) is 0 Å². The number of hydrogen-bond acceptors (Lipinski definition) is 6. The second-order valence-corrected chi connectivity index (χ2v) is 6.75. The minimum atomic E-state index is -0.460. The number of hydrogen-bond donors (Lipinski definition) is 0. The van der Waals surface area contributed by atoms with Gasteiger partial charge in [0.1, 0.15) is 5.60 Å². The molecule has 2 heterocycles. The molecule has 0 radical (unpaired) electrons. The standard InChI is InChI=1S/C17H22N4O3/c1-17(2,3)24-16(22)21-10-8-20(9-11-21)14-6-4-13(5-7-14)15-19-18-12-23-15/h4-7,12H,8-11H2,1-3H3. The summed E-state index contributed by atoms with van der Waals surface area (Å²) < 4.78 is 10.6. The molecule has 0 saturated carbocycles. The van der Waals surface area contributed by atoms with E-state index in [1.54, 1.807) is 4.90 Å². The van der Waals surface area contributed by atoms with Crippen molar-refractivity contribution in [1.82, 2.24) is 15.1 Å². The molecule has 0 N–H and O–H groups in total. The highest BCUT2D eigenvalue weighted by molar-refractivity contribution is 5.68. The minimum absolute atomic E-state index is 0.242. The number of carbonyl (C=O) groups excluding carboxylic acids is 1.